The molecule has 0 fully saturated rings. The summed E-state index contributed by atoms with van der Waals surface area (Å²) in [6.45, 7) is 0. The molecule has 0 saturated heterocycles. The van der Waals surface area contributed by atoms with E-state index in [4.69, 9.17) is 0 Å². The molecule has 126 valence electrons. The van der Waals surface area contributed by atoms with Gasteiger partial charge in [0.25, 0.3) is 0 Å². The van der Waals surface area contributed by atoms with Gasteiger partial charge in [-0.2, -0.15) is 0 Å². The molecular weight excluding hydrogens is 344 g/mol. The Morgan fingerprint density at radius 2 is 0.462 bits per heavy atom. The van der Waals surface area contributed by atoms with Crippen LogP contribution in [-0.2, 0) is 0 Å². The largest absolute Gasteiger partial charge is 0.103 e. The van der Waals surface area contributed by atoms with Gasteiger partial charge in [0.2, 0.25) is 0 Å². The highest BCUT2D eigenvalue weighted by Crippen LogP contribution is 2.01. The molecule has 0 aliphatic rings. The van der Waals surface area contributed by atoms with Crippen molar-refractivity contribution < 1.29 is 0 Å². The van der Waals surface area contributed by atoms with Gasteiger partial charge in [-0.15, -0.1) is 0 Å². The van der Waals surface area contributed by atoms with Gasteiger partial charge in [0, 0.05) is 0 Å². The van der Waals surface area contributed by atoms with Gasteiger partial charge in [-0.1, -0.05) is 142 Å². The lowest BCUT2D eigenvalue weighted by Gasteiger charge is -2.27. The minimum Gasteiger partial charge on any atom is -0.0632 e. The van der Waals surface area contributed by atoms with Crippen LogP contribution in [0.3, 0.4) is 0 Å². The van der Waals surface area contributed by atoms with Crippen molar-refractivity contribution in [3.8, 4) is 0 Å². The Bertz CT molecular complexity index is 763. The average Bonchev–Trinajstić information content (AvgIpc) is 2.74. The van der Waals surface area contributed by atoms with E-state index in [0.717, 1.165) is 0 Å². The summed E-state index contributed by atoms with van der Waals surface area (Å²) in [5.41, 5.74) is 0. The molecule has 0 nitrogen and oxygen atoms in total. The van der Waals surface area contributed by atoms with E-state index >= 15 is 0 Å². The predicted molar refractivity (Wildman–Crippen MR) is 119 cm³/mol. The van der Waals surface area contributed by atoms with Crippen LogP contribution in [0.4, 0.5) is 0 Å². The molecule has 4 rings (SSSR count). The summed E-state index contributed by atoms with van der Waals surface area (Å²) in [6.07, 6.45) is 0. The van der Waals surface area contributed by atoms with E-state index in [0.29, 0.717) is 0 Å². The fourth-order valence-corrected chi connectivity index (χ4v) is 15.9. The molecule has 4 aromatic carbocycles. The fraction of sp³-hybridized carbons (Fsp3) is 0. The van der Waals surface area contributed by atoms with Crippen molar-refractivity contribution >= 4 is 37.4 Å². The maximum absolute atomic E-state index is 2.34. The Morgan fingerprint density at radius 3 is 0.654 bits per heavy atom. The summed E-state index contributed by atoms with van der Waals surface area (Å²) in [5.74, 6) is 0. The van der Waals surface area contributed by atoms with E-state index < -0.39 is 16.6 Å². The first-order valence-corrected chi connectivity index (χ1v) is 14.1. The summed E-state index contributed by atoms with van der Waals surface area (Å²) >= 11 is 0. The molecule has 0 aliphatic carbocycles. The second kappa shape index (κ2) is 8.13. The molecule has 0 radical (unpaired) electrons. The van der Waals surface area contributed by atoms with Crippen LogP contribution in [0.15, 0.2) is 121 Å². The van der Waals surface area contributed by atoms with Gasteiger partial charge in [0.1, 0.15) is 16.6 Å². The molecule has 0 unspecified atom stereocenters. The zero-order valence-corrected chi connectivity index (χ0v) is 17.0. The summed E-state index contributed by atoms with van der Waals surface area (Å²) in [7, 11) is -2.76. The second-order valence-electron chi connectivity index (χ2n) is 6.60. The van der Waals surface area contributed by atoms with Crippen LogP contribution in [0.2, 0.25) is 0 Å². The molecule has 0 saturated carbocycles. The third kappa shape index (κ3) is 3.62. The van der Waals surface area contributed by atoms with Gasteiger partial charge in [-0.05, 0) is 0 Å². The van der Waals surface area contributed by atoms with Crippen molar-refractivity contribution in [2.75, 3.05) is 0 Å². The van der Waals surface area contributed by atoms with Crippen LogP contribution in [0.1, 0.15) is 0 Å². The summed E-state index contributed by atoms with van der Waals surface area (Å²) in [5, 5.41) is 6.18. The number of hydrogen-bond donors (Lipinski definition) is 0. The minimum absolute atomic E-state index is 1.38. The van der Waals surface area contributed by atoms with Gasteiger partial charge < -0.3 is 0 Å². The molecule has 0 spiro atoms. The zero-order valence-electron chi connectivity index (χ0n) is 14.7. The molecule has 0 atom stereocenters. The van der Waals surface area contributed by atoms with Crippen molar-refractivity contribution in [2.24, 2.45) is 0 Å². The summed E-state index contributed by atoms with van der Waals surface area (Å²) in [4.78, 5) is 0. The van der Waals surface area contributed by atoms with Crippen molar-refractivity contribution in [1.82, 2.24) is 0 Å². The number of hydrogen-bond acceptors (Lipinski definition) is 0. The molecule has 0 aromatic heterocycles. The van der Waals surface area contributed by atoms with Crippen LogP contribution in [0.5, 0.6) is 0 Å². The SMILES string of the molecule is c1ccc([SiH](c2ccccc2)[SiH](c2ccccc2)c2ccccc2)cc1. The van der Waals surface area contributed by atoms with Crippen LogP contribution in [-0.4, -0.2) is 16.6 Å². The first kappa shape index (κ1) is 16.8. The molecular formula is C24H22Si2. The fourth-order valence-electron chi connectivity index (χ4n) is 3.80. The maximum atomic E-state index is 2.34. The molecule has 0 bridgehead atoms. The zero-order chi connectivity index (χ0) is 17.6. The Balaban J connectivity index is 1.93. The highest BCUT2D eigenvalue weighted by Gasteiger charge is 2.30. The summed E-state index contributed by atoms with van der Waals surface area (Å²) in [6, 6.07) is 44.8. The van der Waals surface area contributed by atoms with Crippen molar-refractivity contribution in [3.63, 3.8) is 0 Å². The van der Waals surface area contributed by atoms with E-state index in [1.807, 2.05) is 0 Å². The molecule has 2 heteroatoms. The predicted octanol–water partition coefficient (Wildman–Crippen LogP) is 2.15. The molecule has 0 amide bonds. The van der Waals surface area contributed by atoms with Gasteiger partial charge in [0.15, 0.2) is 0 Å². The maximum Gasteiger partial charge on any atom is 0.103 e. The van der Waals surface area contributed by atoms with Crippen molar-refractivity contribution in [2.45, 2.75) is 0 Å². The van der Waals surface area contributed by atoms with E-state index in [1.54, 1.807) is 20.7 Å². The number of benzene rings is 4. The standard InChI is InChI=1S/C24H22Si2/c1-5-13-21(14-6-1)25(22-15-7-2-8-16-22)26(23-17-9-3-10-18-23)24-19-11-4-12-20-24/h1-20,25-26H. The van der Waals surface area contributed by atoms with Gasteiger partial charge in [0.05, 0.1) is 0 Å². The third-order valence-corrected chi connectivity index (χ3v) is 16.7. The van der Waals surface area contributed by atoms with Crippen LogP contribution < -0.4 is 20.7 Å². The van der Waals surface area contributed by atoms with Crippen molar-refractivity contribution in [1.29, 1.82) is 0 Å². The van der Waals surface area contributed by atoms with E-state index in [2.05, 4.69) is 121 Å². The molecule has 26 heavy (non-hydrogen) atoms. The average molecular weight is 367 g/mol. The van der Waals surface area contributed by atoms with Crippen LogP contribution in [0.25, 0.3) is 0 Å². The highest BCUT2D eigenvalue weighted by atomic mass is 29.2. The molecule has 0 heterocycles. The Kier molecular flexibility index (Phi) is 5.24. The van der Waals surface area contributed by atoms with Crippen LogP contribution in [0, 0.1) is 0 Å². The highest BCUT2D eigenvalue weighted by molar-refractivity contribution is 7.42. The van der Waals surface area contributed by atoms with E-state index in [9.17, 15) is 0 Å². The van der Waals surface area contributed by atoms with Crippen molar-refractivity contribution in [3.05, 3.63) is 121 Å². The van der Waals surface area contributed by atoms with Gasteiger partial charge >= 0.3 is 0 Å². The Hall–Kier alpha value is -2.69. The smallest absolute Gasteiger partial charge is 0.0632 e. The summed E-state index contributed by atoms with van der Waals surface area (Å²) < 4.78 is 0. The minimum atomic E-state index is -1.38. The monoisotopic (exact) mass is 366 g/mol. The molecule has 0 aliphatic heterocycles. The van der Waals surface area contributed by atoms with Gasteiger partial charge in [-0.25, -0.2) is 0 Å². The Morgan fingerprint density at radius 1 is 0.269 bits per heavy atom. The Labute approximate surface area is 158 Å². The molecule has 4 aromatic rings. The van der Waals surface area contributed by atoms with Gasteiger partial charge in [-0.3, -0.25) is 0 Å². The van der Waals surface area contributed by atoms with Crippen LogP contribution >= 0.6 is 0 Å². The van der Waals surface area contributed by atoms with E-state index in [-0.39, 0.29) is 0 Å². The molecule has 0 N–H and O–H groups in total. The lowest BCUT2D eigenvalue weighted by atomic mass is 10.4. The van der Waals surface area contributed by atoms with E-state index in [1.165, 1.54) is 0 Å². The second-order valence-corrected chi connectivity index (χ2v) is 15.2. The number of rotatable bonds is 5. The third-order valence-electron chi connectivity index (χ3n) is 4.97. The first-order chi connectivity index (χ1) is 12.9. The lowest BCUT2D eigenvalue weighted by Crippen LogP contribution is -2.65. The topological polar surface area (TPSA) is 0 Å². The lowest BCUT2D eigenvalue weighted by molar-refractivity contribution is 1.72. The first-order valence-electron chi connectivity index (χ1n) is 9.13. The quantitative estimate of drug-likeness (QED) is 0.475. The normalized spacial score (nSPS) is 11.0.